The minimum atomic E-state index is -3.68. The molecule has 6 heteroatoms. The maximum Gasteiger partial charge on any atom is 0.269 e. The van der Waals surface area contributed by atoms with Gasteiger partial charge in [0.2, 0.25) is 0 Å². The minimum absolute atomic E-state index is 0.100. The van der Waals surface area contributed by atoms with E-state index in [2.05, 4.69) is 4.98 Å². The van der Waals surface area contributed by atoms with E-state index in [-0.39, 0.29) is 16.4 Å². The molecule has 0 radical (unpaired) electrons. The van der Waals surface area contributed by atoms with Gasteiger partial charge in [0, 0.05) is 0 Å². The number of rotatable bonds is 3. The van der Waals surface area contributed by atoms with Crippen molar-refractivity contribution < 1.29 is 13.2 Å². The van der Waals surface area contributed by atoms with Crippen molar-refractivity contribution in [3.8, 4) is 0 Å². The van der Waals surface area contributed by atoms with Crippen molar-refractivity contribution in [2.45, 2.75) is 18.7 Å². The van der Waals surface area contributed by atoms with E-state index in [0.717, 1.165) is 9.54 Å². The van der Waals surface area contributed by atoms with Gasteiger partial charge in [-0.15, -0.1) is 0 Å². The monoisotopic (exact) mass is 264 g/mol. The molecule has 0 aliphatic heterocycles. The van der Waals surface area contributed by atoms with Crippen LogP contribution in [0.15, 0.2) is 35.4 Å². The number of carbonyl (C=O) groups is 1. The Kier molecular flexibility index (Phi) is 3.04. The van der Waals surface area contributed by atoms with Gasteiger partial charge < -0.3 is 0 Å². The van der Waals surface area contributed by atoms with Gasteiger partial charge in [-0.05, 0) is 26.0 Å². The predicted molar refractivity (Wildman–Crippen MR) is 66.1 cm³/mol. The van der Waals surface area contributed by atoms with Gasteiger partial charge in [-0.25, -0.2) is 17.4 Å². The highest BCUT2D eigenvalue weighted by atomic mass is 32.2. The summed E-state index contributed by atoms with van der Waals surface area (Å²) in [5.74, 6) is 0.262. The molecule has 0 fully saturated rings. The SMILES string of the molecule is Cc1ccc(S(=O)(=O)n2cc(C=O)nc2C)cc1. The molecule has 94 valence electrons. The summed E-state index contributed by atoms with van der Waals surface area (Å²) in [4.78, 5) is 14.6. The predicted octanol–water partition coefficient (Wildman–Crippen LogP) is 1.55. The number of carbonyl (C=O) groups excluding carboxylic acids is 1. The Labute approximate surface area is 105 Å². The second kappa shape index (κ2) is 4.38. The van der Waals surface area contributed by atoms with Gasteiger partial charge >= 0.3 is 0 Å². The Bertz CT molecular complexity index is 685. The number of aldehydes is 1. The third-order valence-corrected chi connectivity index (χ3v) is 4.31. The van der Waals surface area contributed by atoms with Gasteiger partial charge in [0.05, 0.1) is 11.1 Å². The smallest absolute Gasteiger partial charge is 0.269 e. The first-order chi connectivity index (χ1) is 8.45. The summed E-state index contributed by atoms with van der Waals surface area (Å²) in [5, 5.41) is 0. The fourth-order valence-corrected chi connectivity index (χ4v) is 2.95. The van der Waals surface area contributed by atoms with Gasteiger partial charge in [-0.3, -0.25) is 4.79 Å². The zero-order valence-corrected chi connectivity index (χ0v) is 10.8. The number of aromatic nitrogens is 2. The Balaban J connectivity index is 2.57. The number of hydrogen-bond acceptors (Lipinski definition) is 4. The van der Waals surface area contributed by atoms with Crippen molar-refractivity contribution in [3.05, 3.63) is 47.5 Å². The van der Waals surface area contributed by atoms with E-state index in [0.29, 0.717) is 6.29 Å². The van der Waals surface area contributed by atoms with Crippen molar-refractivity contribution >= 4 is 16.3 Å². The van der Waals surface area contributed by atoms with Crippen LogP contribution in [0, 0.1) is 13.8 Å². The fraction of sp³-hybridized carbons (Fsp3) is 0.167. The van der Waals surface area contributed by atoms with Crippen molar-refractivity contribution in [2.75, 3.05) is 0 Å². The second-order valence-electron chi connectivity index (χ2n) is 3.94. The lowest BCUT2D eigenvalue weighted by Gasteiger charge is -2.06. The number of aryl methyl sites for hydroxylation is 2. The first-order valence-electron chi connectivity index (χ1n) is 5.28. The number of benzene rings is 1. The van der Waals surface area contributed by atoms with Crippen LogP contribution in [0.3, 0.4) is 0 Å². The molecule has 0 unspecified atom stereocenters. The molecule has 0 N–H and O–H groups in total. The summed E-state index contributed by atoms with van der Waals surface area (Å²) in [5.41, 5.74) is 1.08. The van der Waals surface area contributed by atoms with Crippen LogP contribution in [-0.4, -0.2) is 23.7 Å². The van der Waals surface area contributed by atoms with Gasteiger partial charge in [0.1, 0.15) is 11.5 Å². The van der Waals surface area contributed by atoms with Crippen LogP contribution < -0.4 is 0 Å². The molecule has 2 rings (SSSR count). The van der Waals surface area contributed by atoms with E-state index in [1.54, 1.807) is 19.1 Å². The molecular weight excluding hydrogens is 252 g/mol. The molecule has 1 heterocycles. The van der Waals surface area contributed by atoms with Gasteiger partial charge in [-0.2, -0.15) is 0 Å². The highest BCUT2D eigenvalue weighted by Gasteiger charge is 2.19. The lowest BCUT2D eigenvalue weighted by Crippen LogP contribution is -2.13. The van der Waals surface area contributed by atoms with Gasteiger partial charge in [-0.1, -0.05) is 17.7 Å². The standard InChI is InChI=1S/C12H12N2O3S/c1-9-3-5-12(6-4-9)18(16,17)14-7-11(8-15)13-10(14)2/h3-8H,1-2H3. The largest absolute Gasteiger partial charge is 0.296 e. The number of hydrogen-bond donors (Lipinski definition) is 0. The first kappa shape index (κ1) is 12.5. The first-order valence-corrected chi connectivity index (χ1v) is 6.72. The molecule has 0 amide bonds. The second-order valence-corrected chi connectivity index (χ2v) is 5.76. The summed E-state index contributed by atoms with van der Waals surface area (Å²) >= 11 is 0. The highest BCUT2D eigenvalue weighted by molar-refractivity contribution is 7.90. The fourth-order valence-electron chi connectivity index (χ4n) is 1.60. The van der Waals surface area contributed by atoms with Crippen LogP contribution in [0.25, 0.3) is 0 Å². The molecule has 1 aromatic carbocycles. The van der Waals surface area contributed by atoms with E-state index in [9.17, 15) is 13.2 Å². The highest BCUT2D eigenvalue weighted by Crippen LogP contribution is 2.16. The summed E-state index contributed by atoms with van der Waals surface area (Å²) < 4.78 is 25.6. The van der Waals surface area contributed by atoms with E-state index in [1.807, 2.05) is 6.92 Å². The zero-order chi connectivity index (χ0) is 13.3. The Morgan fingerprint density at radius 3 is 2.28 bits per heavy atom. The van der Waals surface area contributed by atoms with E-state index in [1.165, 1.54) is 18.3 Å². The molecule has 0 bridgehead atoms. The normalized spacial score (nSPS) is 11.4. The van der Waals surface area contributed by atoms with Gasteiger partial charge in [0.15, 0.2) is 6.29 Å². The number of nitrogens with zero attached hydrogens (tertiary/aromatic N) is 2. The lowest BCUT2D eigenvalue weighted by molar-refractivity contribution is 0.111. The summed E-state index contributed by atoms with van der Waals surface area (Å²) in [7, 11) is -3.68. The molecule has 0 aliphatic rings. The molecule has 0 aliphatic carbocycles. The third kappa shape index (κ3) is 2.06. The maximum atomic E-state index is 12.3. The average Bonchev–Trinajstić information content (AvgIpc) is 2.72. The summed E-state index contributed by atoms with van der Waals surface area (Å²) in [6.45, 7) is 3.42. The van der Waals surface area contributed by atoms with E-state index < -0.39 is 10.0 Å². The van der Waals surface area contributed by atoms with E-state index in [4.69, 9.17) is 0 Å². The van der Waals surface area contributed by atoms with Crippen molar-refractivity contribution in [2.24, 2.45) is 0 Å². The molecule has 18 heavy (non-hydrogen) atoms. The van der Waals surface area contributed by atoms with Crippen molar-refractivity contribution in [3.63, 3.8) is 0 Å². The Morgan fingerprint density at radius 1 is 1.17 bits per heavy atom. The Morgan fingerprint density at radius 2 is 1.78 bits per heavy atom. The van der Waals surface area contributed by atoms with Crippen LogP contribution >= 0.6 is 0 Å². The van der Waals surface area contributed by atoms with Crippen LogP contribution in [0.1, 0.15) is 21.9 Å². The summed E-state index contributed by atoms with van der Waals surface area (Å²) in [6, 6.07) is 6.51. The average molecular weight is 264 g/mol. The minimum Gasteiger partial charge on any atom is -0.296 e. The molecule has 0 spiro atoms. The Hall–Kier alpha value is -1.95. The third-order valence-electron chi connectivity index (χ3n) is 2.56. The van der Waals surface area contributed by atoms with E-state index >= 15 is 0 Å². The van der Waals surface area contributed by atoms with Crippen LogP contribution in [0.4, 0.5) is 0 Å². The molecular formula is C12H12N2O3S. The van der Waals surface area contributed by atoms with Crippen molar-refractivity contribution in [1.82, 2.24) is 8.96 Å². The molecule has 1 aromatic heterocycles. The molecule has 0 saturated heterocycles. The van der Waals surface area contributed by atoms with Crippen LogP contribution in [0.2, 0.25) is 0 Å². The topological polar surface area (TPSA) is 69.0 Å². The van der Waals surface area contributed by atoms with Gasteiger partial charge in [0.25, 0.3) is 10.0 Å². The molecule has 0 atom stereocenters. The lowest BCUT2D eigenvalue weighted by atomic mass is 10.2. The molecule has 2 aromatic rings. The molecule has 0 saturated carbocycles. The summed E-state index contributed by atoms with van der Waals surface area (Å²) in [6.07, 6.45) is 1.74. The zero-order valence-electron chi connectivity index (χ0n) is 9.99. The van der Waals surface area contributed by atoms with Crippen LogP contribution in [-0.2, 0) is 10.0 Å². The maximum absolute atomic E-state index is 12.3. The molecule has 5 nitrogen and oxygen atoms in total. The van der Waals surface area contributed by atoms with Crippen LogP contribution in [0.5, 0.6) is 0 Å². The quantitative estimate of drug-likeness (QED) is 0.789. The number of imidazole rings is 1. The van der Waals surface area contributed by atoms with Crippen molar-refractivity contribution in [1.29, 1.82) is 0 Å².